The molecule has 0 spiro atoms. The van der Waals surface area contributed by atoms with E-state index in [9.17, 15) is 14.7 Å². The number of aromatic nitrogens is 3. The molecular formula is C15H18N4O3. The Kier molecular flexibility index (Phi) is 4.55. The summed E-state index contributed by atoms with van der Waals surface area (Å²) in [6, 6.07) is 1.81. The smallest absolute Gasteiger partial charge is 0.356 e. The molecule has 2 aromatic rings. The summed E-state index contributed by atoms with van der Waals surface area (Å²) in [6.07, 6.45) is 3.64. The van der Waals surface area contributed by atoms with Crippen molar-refractivity contribution in [3.8, 4) is 0 Å². The molecule has 2 heterocycles. The summed E-state index contributed by atoms with van der Waals surface area (Å²) in [5.74, 6) is -1.15. The molecule has 0 fully saturated rings. The SMILES string of the molecule is CCc1c(C(=O)O)nn(CC)c(=O)c1Nc1cnccc1C. The number of nitrogens with one attached hydrogen (secondary N) is 1. The van der Waals surface area contributed by atoms with E-state index in [-0.39, 0.29) is 16.9 Å². The summed E-state index contributed by atoms with van der Waals surface area (Å²) in [7, 11) is 0. The van der Waals surface area contributed by atoms with E-state index in [4.69, 9.17) is 0 Å². The Morgan fingerprint density at radius 2 is 2.14 bits per heavy atom. The number of carbonyl (C=O) groups is 1. The van der Waals surface area contributed by atoms with Crippen molar-refractivity contribution < 1.29 is 9.90 Å². The van der Waals surface area contributed by atoms with Crippen molar-refractivity contribution in [3.05, 3.63) is 45.6 Å². The lowest BCUT2D eigenvalue weighted by atomic mass is 10.1. The molecule has 7 heteroatoms. The lowest BCUT2D eigenvalue weighted by Crippen LogP contribution is -2.29. The van der Waals surface area contributed by atoms with Crippen LogP contribution in [0, 0.1) is 6.92 Å². The second-order valence-electron chi connectivity index (χ2n) is 4.80. The Morgan fingerprint density at radius 3 is 2.68 bits per heavy atom. The van der Waals surface area contributed by atoms with E-state index < -0.39 is 5.97 Å². The predicted octanol–water partition coefficient (Wildman–Crippen LogP) is 1.97. The van der Waals surface area contributed by atoms with Crippen LogP contribution in [0.1, 0.15) is 35.5 Å². The van der Waals surface area contributed by atoms with Crippen LogP contribution >= 0.6 is 0 Å². The largest absolute Gasteiger partial charge is 0.476 e. The van der Waals surface area contributed by atoms with Crippen molar-refractivity contribution in [2.45, 2.75) is 33.7 Å². The van der Waals surface area contributed by atoms with Crippen molar-refractivity contribution in [1.29, 1.82) is 0 Å². The number of rotatable bonds is 5. The summed E-state index contributed by atoms with van der Waals surface area (Å²) in [6.45, 7) is 5.71. The van der Waals surface area contributed by atoms with E-state index in [1.54, 1.807) is 26.2 Å². The van der Waals surface area contributed by atoms with Crippen LogP contribution in [0.4, 0.5) is 11.4 Å². The minimum Gasteiger partial charge on any atom is -0.476 e. The number of nitrogens with zero attached hydrogens (tertiary/aromatic N) is 3. The Balaban J connectivity index is 2.67. The molecule has 0 amide bonds. The van der Waals surface area contributed by atoms with Gasteiger partial charge in [0.1, 0.15) is 5.69 Å². The van der Waals surface area contributed by atoms with E-state index >= 15 is 0 Å². The molecule has 22 heavy (non-hydrogen) atoms. The summed E-state index contributed by atoms with van der Waals surface area (Å²) in [5, 5.41) is 16.3. The van der Waals surface area contributed by atoms with Crippen LogP contribution in [0.15, 0.2) is 23.3 Å². The summed E-state index contributed by atoms with van der Waals surface area (Å²) >= 11 is 0. The Labute approximate surface area is 127 Å². The summed E-state index contributed by atoms with van der Waals surface area (Å²) in [4.78, 5) is 27.9. The molecular weight excluding hydrogens is 284 g/mol. The molecule has 0 atom stereocenters. The van der Waals surface area contributed by atoms with Crippen molar-refractivity contribution >= 4 is 17.3 Å². The van der Waals surface area contributed by atoms with Gasteiger partial charge in [-0.2, -0.15) is 5.10 Å². The van der Waals surface area contributed by atoms with E-state index in [0.29, 0.717) is 24.2 Å². The molecule has 2 aromatic heterocycles. The first-order valence-electron chi connectivity index (χ1n) is 7.04. The third kappa shape index (κ3) is 2.83. The number of aromatic carboxylic acids is 1. The molecule has 0 saturated heterocycles. The third-order valence-corrected chi connectivity index (χ3v) is 3.41. The van der Waals surface area contributed by atoms with Gasteiger partial charge in [-0.3, -0.25) is 9.78 Å². The van der Waals surface area contributed by atoms with E-state index in [1.165, 1.54) is 0 Å². The van der Waals surface area contributed by atoms with Crippen LogP contribution in [0.5, 0.6) is 0 Å². The normalized spacial score (nSPS) is 10.5. The fourth-order valence-corrected chi connectivity index (χ4v) is 2.19. The van der Waals surface area contributed by atoms with Gasteiger partial charge in [0.15, 0.2) is 5.69 Å². The Bertz CT molecular complexity index is 768. The zero-order valence-electron chi connectivity index (χ0n) is 12.8. The van der Waals surface area contributed by atoms with Gasteiger partial charge in [-0.15, -0.1) is 0 Å². The molecule has 116 valence electrons. The summed E-state index contributed by atoms with van der Waals surface area (Å²) < 4.78 is 1.15. The van der Waals surface area contributed by atoms with Crippen LogP contribution in [0.3, 0.4) is 0 Å². The average molecular weight is 302 g/mol. The fraction of sp³-hybridized carbons (Fsp3) is 0.333. The highest BCUT2D eigenvalue weighted by atomic mass is 16.4. The number of carboxylic acid groups (broad SMARTS) is 1. The van der Waals surface area contributed by atoms with Crippen LogP contribution in [0.2, 0.25) is 0 Å². The average Bonchev–Trinajstić information content (AvgIpc) is 2.50. The van der Waals surface area contributed by atoms with Gasteiger partial charge in [-0.05, 0) is 31.9 Å². The van der Waals surface area contributed by atoms with E-state index in [1.807, 2.05) is 13.0 Å². The van der Waals surface area contributed by atoms with Gasteiger partial charge in [0.25, 0.3) is 5.56 Å². The molecule has 0 bridgehead atoms. The molecule has 7 nitrogen and oxygen atoms in total. The topological polar surface area (TPSA) is 97.1 Å². The fourth-order valence-electron chi connectivity index (χ4n) is 2.19. The van der Waals surface area contributed by atoms with Crippen molar-refractivity contribution in [2.75, 3.05) is 5.32 Å². The first-order chi connectivity index (χ1) is 10.5. The quantitative estimate of drug-likeness (QED) is 0.876. The molecule has 0 aliphatic carbocycles. The zero-order chi connectivity index (χ0) is 16.3. The summed E-state index contributed by atoms with van der Waals surface area (Å²) in [5.41, 5.74) is 1.77. The highest BCUT2D eigenvalue weighted by Crippen LogP contribution is 2.22. The third-order valence-electron chi connectivity index (χ3n) is 3.41. The number of carboxylic acids is 1. The maximum absolute atomic E-state index is 12.5. The number of pyridine rings is 1. The highest BCUT2D eigenvalue weighted by Gasteiger charge is 2.20. The molecule has 0 aliphatic heterocycles. The van der Waals surface area contributed by atoms with Crippen molar-refractivity contribution in [2.24, 2.45) is 0 Å². The first-order valence-corrected chi connectivity index (χ1v) is 7.04. The van der Waals surface area contributed by atoms with Gasteiger partial charge in [0.05, 0.1) is 11.9 Å². The van der Waals surface area contributed by atoms with E-state index in [0.717, 1.165) is 10.2 Å². The van der Waals surface area contributed by atoms with Gasteiger partial charge in [0, 0.05) is 18.3 Å². The van der Waals surface area contributed by atoms with Gasteiger partial charge < -0.3 is 10.4 Å². The van der Waals surface area contributed by atoms with Crippen molar-refractivity contribution in [3.63, 3.8) is 0 Å². The molecule has 0 aromatic carbocycles. The van der Waals surface area contributed by atoms with E-state index in [2.05, 4.69) is 15.4 Å². The first kappa shape index (κ1) is 15.7. The molecule has 0 radical (unpaired) electrons. The Morgan fingerprint density at radius 1 is 1.41 bits per heavy atom. The number of hydrogen-bond acceptors (Lipinski definition) is 5. The van der Waals surface area contributed by atoms with Crippen LogP contribution < -0.4 is 10.9 Å². The minimum atomic E-state index is -1.15. The molecule has 0 unspecified atom stereocenters. The van der Waals surface area contributed by atoms with Gasteiger partial charge in [-0.1, -0.05) is 6.92 Å². The van der Waals surface area contributed by atoms with Crippen LogP contribution in [-0.4, -0.2) is 25.8 Å². The van der Waals surface area contributed by atoms with Gasteiger partial charge in [0.2, 0.25) is 0 Å². The predicted molar refractivity (Wildman–Crippen MR) is 82.8 cm³/mol. The molecule has 0 aliphatic rings. The Hall–Kier alpha value is -2.70. The molecule has 2 N–H and O–H groups in total. The number of aryl methyl sites for hydroxylation is 2. The molecule has 0 saturated carbocycles. The second kappa shape index (κ2) is 6.38. The maximum atomic E-state index is 12.5. The monoisotopic (exact) mass is 302 g/mol. The van der Waals surface area contributed by atoms with Gasteiger partial charge >= 0.3 is 5.97 Å². The van der Waals surface area contributed by atoms with Crippen LogP contribution in [0.25, 0.3) is 0 Å². The lowest BCUT2D eigenvalue weighted by Gasteiger charge is -2.15. The second-order valence-corrected chi connectivity index (χ2v) is 4.80. The standard InChI is InChI=1S/C15H18N4O3/c1-4-10-12(17-11-8-16-7-6-9(11)3)14(20)19(5-2)18-13(10)15(21)22/h6-8,17H,4-5H2,1-3H3,(H,21,22). The van der Waals surface area contributed by atoms with Crippen LogP contribution in [-0.2, 0) is 13.0 Å². The van der Waals surface area contributed by atoms with Gasteiger partial charge in [-0.25, -0.2) is 9.48 Å². The lowest BCUT2D eigenvalue weighted by molar-refractivity contribution is 0.0686. The number of anilines is 2. The highest BCUT2D eigenvalue weighted by molar-refractivity contribution is 5.89. The van der Waals surface area contributed by atoms with Crippen molar-refractivity contribution in [1.82, 2.24) is 14.8 Å². The maximum Gasteiger partial charge on any atom is 0.356 e. The number of hydrogen-bond donors (Lipinski definition) is 2. The minimum absolute atomic E-state index is 0.104. The molecule has 2 rings (SSSR count). The zero-order valence-corrected chi connectivity index (χ0v) is 12.8.